The lowest BCUT2D eigenvalue weighted by Crippen LogP contribution is -2.37. The molecule has 0 radical (unpaired) electrons. The molecule has 0 aromatic carbocycles. The summed E-state index contributed by atoms with van der Waals surface area (Å²) in [5.74, 6) is 0. The molecule has 1 saturated heterocycles. The van der Waals surface area contributed by atoms with Crippen LogP contribution in [0.2, 0.25) is 0 Å². The summed E-state index contributed by atoms with van der Waals surface area (Å²) in [6.07, 6.45) is 3.39. The van der Waals surface area contributed by atoms with E-state index in [9.17, 15) is 8.42 Å². The Morgan fingerprint density at radius 1 is 1.45 bits per heavy atom. The van der Waals surface area contributed by atoms with E-state index in [-0.39, 0.29) is 12.6 Å². The SMILES string of the molecule is Cc1sc(CO)cc1S(=O)(=O)NC1CCN(C2CC2)C1. The van der Waals surface area contributed by atoms with Gasteiger partial charge >= 0.3 is 0 Å². The first kappa shape index (κ1) is 14.5. The van der Waals surface area contributed by atoms with E-state index < -0.39 is 10.0 Å². The Bertz CT molecular complexity index is 593. The van der Waals surface area contributed by atoms with Crippen molar-refractivity contribution in [3.8, 4) is 0 Å². The van der Waals surface area contributed by atoms with Gasteiger partial charge in [-0.15, -0.1) is 11.3 Å². The summed E-state index contributed by atoms with van der Waals surface area (Å²) in [7, 11) is -3.47. The summed E-state index contributed by atoms with van der Waals surface area (Å²) in [4.78, 5) is 4.12. The molecule has 0 amide bonds. The number of likely N-dealkylation sites (tertiary alicyclic amines) is 1. The van der Waals surface area contributed by atoms with Crippen LogP contribution in [0.25, 0.3) is 0 Å². The van der Waals surface area contributed by atoms with Crippen LogP contribution in [0, 0.1) is 6.92 Å². The number of rotatable bonds is 5. The maximum absolute atomic E-state index is 12.4. The number of hydrogen-bond acceptors (Lipinski definition) is 5. The summed E-state index contributed by atoms with van der Waals surface area (Å²) in [5, 5.41) is 9.12. The van der Waals surface area contributed by atoms with Gasteiger partial charge in [-0.3, -0.25) is 4.90 Å². The summed E-state index contributed by atoms with van der Waals surface area (Å²) in [6, 6.07) is 2.28. The molecule has 1 atom stereocenters. The van der Waals surface area contributed by atoms with E-state index in [1.165, 1.54) is 24.2 Å². The molecule has 1 aliphatic carbocycles. The van der Waals surface area contributed by atoms with Crippen LogP contribution in [0.15, 0.2) is 11.0 Å². The average Bonchev–Trinajstić information content (AvgIpc) is 3.02. The molecule has 1 unspecified atom stereocenters. The lowest BCUT2D eigenvalue weighted by molar-refractivity contribution is 0.285. The van der Waals surface area contributed by atoms with E-state index >= 15 is 0 Å². The smallest absolute Gasteiger partial charge is 0.241 e. The number of aryl methyl sites for hydroxylation is 1. The first-order chi connectivity index (χ1) is 9.49. The lowest BCUT2D eigenvalue weighted by Gasteiger charge is -2.15. The van der Waals surface area contributed by atoms with E-state index in [2.05, 4.69) is 9.62 Å². The maximum atomic E-state index is 12.4. The zero-order valence-corrected chi connectivity index (χ0v) is 13.1. The Labute approximate surface area is 123 Å². The molecular weight excluding hydrogens is 296 g/mol. The normalized spacial score (nSPS) is 24.4. The van der Waals surface area contributed by atoms with Crippen LogP contribution in [0.1, 0.15) is 29.0 Å². The second-order valence-corrected chi connectivity index (χ2v) is 8.65. The maximum Gasteiger partial charge on any atom is 0.241 e. The van der Waals surface area contributed by atoms with E-state index in [1.54, 1.807) is 13.0 Å². The Morgan fingerprint density at radius 3 is 2.80 bits per heavy atom. The van der Waals surface area contributed by atoms with Gasteiger partial charge < -0.3 is 5.11 Å². The van der Waals surface area contributed by atoms with Crippen molar-refractivity contribution >= 4 is 21.4 Å². The molecule has 0 spiro atoms. The van der Waals surface area contributed by atoms with Crippen molar-refractivity contribution in [1.82, 2.24) is 9.62 Å². The van der Waals surface area contributed by atoms with Gasteiger partial charge in [-0.05, 0) is 32.3 Å². The number of thiophene rings is 1. The Balaban J connectivity index is 1.70. The van der Waals surface area contributed by atoms with E-state index in [1.807, 2.05) is 0 Å². The minimum Gasteiger partial charge on any atom is -0.391 e. The third-order valence-corrected chi connectivity index (χ3v) is 6.78. The van der Waals surface area contributed by atoms with E-state index in [0.29, 0.717) is 15.8 Å². The number of nitrogens with zero attached hydrogens (tertiary/aromatic N) is 1. The molecule has 7 heteroatoms. The van der Waals surface area contributed by atoms with Crippen LogP contribution >= 0.6 is 11.3 Å². The molecule has 2 N–H and O–H groups in total. The van der Waals surface area contributed by atoms with Gasteiger partial charge in [-0.25, -0.2) is 13.1 Å². The van der Waals surface area contributed by atoms with E-state index in [4.69, 9.17) is 5.11 Å². The van der Waals surface area contributed by atoms with Gasteiger partial charge in [0.15, 0.2) is 0 Å². The van der Waals surface area contributed by atoms with Crippen LogP contribution < -0.4 is 4.72 Å². The van der Waals surface area contributed by atoms with Gasteiger partial charge in [-0.1, -0.05) is 0 Å². The predicted molar refractivity (Wildman–Crippen MR) is 78.3 cm³/mol. The van der Waals surface area contributed by atoms with Crippen LogP contribution in [-0.2, 0) is 16.6 Å². The van der Waals surface area contributed by atoms with Crippen molar-refractivity contribution in [2.45, 2.75) is 49.8 Å². The minimum absolute atomic E-state index is 0.0116. The van der Waals surface area contributed by atoms with Crippen molar-refractivity contribution < 1.29 is 13.5 Å². The fraction of sp³-hybridized carbons (Fsp3) is 0.692. The van der Waals surface area contributed by atoms with Crippen molar-refractivity contribution in [2.24, 2.45) is 0 Å². The van der Waals surface area contributed by atoms with Crippen LogP contribution in [0.4, 0.5) is 0 Å². The molecule has 1 aromatic rings. The summed E-state index contributed by atoms with van der Waals surface area (Å²) in [5.41, 5.74) is 0. The number of aliphatic hydroxyl groups excluding tert-OH is 1. The molecule has 20 heavy (non-hydrogen) atoms. The van der Waals surface area contributed by atoms with Gasteiger partial charge in [0.2, 0.25) is 10.0 Å². The monoisotopic (exact) mass is 316 g/mol. The quantitative estimate of drug-likeness (QED) is 0.852. The molecule has 112 valence electrons. The molecule has 2 fully saturated rings. The zero-order chi connectivity index (χ0) is 14.3. The highest BCUT2D eigenvalue weighted by Gasteiger charge is 2.36. The summed E-state index contributed by atoms with van der Waals surface area (Å²) >= 11 is 1.33. The second-order valence-electron chi connectivity index (χ2n) is 5.62. The molecule has 3 rings (SSSR count). The average molecular weight is 316 g/mol. The fourth-order valence-electron chi connectivity index (χ4n) is 2.81. The van der Waals surface area contributed by atoms with Crippen molar-refractivity contribution in [3.63, 3.8) is 0 Å². The first-order valence-corrected chi connectivity index (χ1v) is 9.26. The summed E-state index contributed by atoms with van der Waals surface area (Å²) < 4.78 is 27.7. The molecule has 2 aliphatic rings. The Morgan fingerprint density at radius 2 is 2.20 bits per heavy atom. The molecule has 1 aromatic heterocycles. The topological polar surface area (TPSA) is 69.6 Å². The van der Waals surface area contributed by atoms with Crippen LogP contribution in [-0.4, -0.2) is 43.6 Å². The molecule has 5 nitrogen and oxygen atoms in total. The standard InChI is InChI=1S/C13H20N2O3S2/c1-9-13(6-12(8-16)19-9)20(17,18)14-10-4-5-15(7-10)11-2-3-11/h6,10-11,14,16H,2-5,7-8H2,1H3. The molecule has 1 aliphatic heterocycles. The van der Waals surface area contributed by atoms with Gasteiger partial charge in [0.25, 0.3) is 0 Å². The van der Waals surface area contributed by atoms with Crippen LogP contribution in [0.5, 0.6) is 0 Å². The third-order valence-electron chi connectivity index (χ3n) is 3.97. The molecular formula is C13H20N2O3S2. The molecule has 2 heterocycles. The van der Waals surface area contributed by atoms with Crippen molar-refractivity contribution in [1.29, 1.82) is 0 Å². The van der Waals surface area contributed by atoms with Gasteiger partial charge in [-0.2, -0.15) is 0 Å². The largest absolute Gasteiger partial charge is 0.391 e. The zero-order valence-electron chi connectivity index (χ0n) is 11.5. The number of sulfonamides is 1. The Kier molecular flexibility index (Phi) is 3.89. The lowest BCUT2D eigenvalue weighted by atomic mass is 10.3. The minimum atomic E-state index is -3.47. The molecule has 1 saturated carbocycles. The fourth-order valence-corrected chi connectivity index (χ4v) is 5.56. The van der Waals surface area contributed by atoms with Crippen LogP contribution in [0.3, 0.4) is 0 Å². The molecule has 0 bridgehead atoms. The predicted octanol–water partition coefficient (Wildman–Crippen LogP) is 1.06. The van der Waals surface area contributed by atoms with Gasteiger partial charge in [0, 0.05) is 34.9 Å². The van der Waals surface area contributed by atoms with Crippen molar-refractivity contribution in [3.05, 3.63) is 15.8 Å². The Hall–Kier alpha value is -0.470. The third kappa shape index (κ3) is 2.92. The first-order valence-electron chi connectivity index (χ1n) is 6.96. The summed E-state index contributed by atoms with van der Waals surface area (Å²) in [6.45, 7) is 3.48. The highest BCUT2D eigenvalue weighted by atomic mass is 32.2. The highest BCUT2D eigenvalue weighted by molar-refractivity contribution is 7.89. The van der Waals surface area contributed by atoms with E-state index in [0.717, 1.165) is 24.4 Å². The number of hydrogen-bond donors (Lipinski definition) is 2. The van der Waals surface area contributed by atoms with Gasteiger partial charge in [0.05, 0.1) is 11.5 Å². The number of nitrogens with one attached hydrogen (secondary N) is 1. The number of aliphatic hydroxyl groups is 1. The van der Waals surface area contributed by atoms with Gasteiger partial charge in [0.1, 0.15) is 0 Å². The second kappa shape index (κ2) is 5.38. The van der Waals surface area contributed by atoms with Crippen molar-refractivity contribution in [2.75, 3.05) is 13.1 Å². The highest BCUT2D eigenvalue weighted by Crippen LogP contribution is 2.31.